The summed E-state index contributed by atoms with van der Waals surface area (Å²) in [5.41, 5.74) is 1.61. The van der Waals surface area contributed by atoms with Crippen molar-refractivity contribution < 1.29 is 0 Å². The Morgan fingerprint density at radius 2 is 2.38 bits per heavy atom. The maximum absolute atomic E-state index is 8.70. The lowest BCUT2D eigenvalue weighted by Crippen LogP contribution is -2.15. The first-order valence-corrected chi connectivity index (χ1v) is 6.81. The minimum Gasteiger partial charge on any atom is -0.313 e. The van der Waals surface area contributed by atoms with Crippen LogP contribution in [0.25, 0.3) is 0 Å². The SMILES string of the molecule is CSCCCCNCc1ccnc(C#N)c1. The Balaban J connectivity index is 2.19. The second-order valence-corrected chi connectivity index (χ2v) is 4.52. The van der Waals surface area contributed by atoms with Crippen molar-refractivity contribution in [2.75, 3.05) is 18.6 Å². The van der Waals surface area contributed by atoms with Gasteiger partial charge in [0.05, 0.1) is 0 Å². The van der Waals surface area contributed by atoms with E-state index in [0.717, 1.165) is 18.7 Å². The van der Waals surface area contributed by atoms with Crippen LogP contribution in [-0.2, 0) is 6.54 Å². The van der Waals surface area contributed by atoms with Crippen molar-refractivity contribution in [1.29, 1.82) is 5.26 Å². The summed E-state index contributed by atoms with van der Waals surface area (Å²) in [5, 5.41) is 12.1. The molecule has 0 aliphatic rings. The van der Waals surface area contributed by atoms with E-state index in [1.807, 2.05) is 30.0 Å². The molecule has 0 bridgehead atoms. The van der Waals surface area contributed by atoms with Gasteiger partial charge in [0.2, 0.25) is 0 Å². The quantitative estimate of drug-likeness (QED) is 0.736. The minimum absolute atomic E-state index is 0.488. The fourth-order valence-electron chi connectivity index (χ4n) is 1.37. The summed E-state index contributed by atoms with van der Waals surface area (Å²) in [6, 6.07) is 5.81. The summed E-state index contributed by atoms with van der Waals surface area (Å²) in [5.74, 6) is 1.23. The van der Waals surface area contributed by atoms with E-state index in [-0.39, 0.29) is 0 Å². The Labute approximate surface area is 101 Å². The van der Waals surface area contributed by atoms with Gasteiger partial charge >= 0.3 is 0 Å². The molecule has 0 aliphatic carbocycles. The maximum atomic E-state index is 8.70. The number of aromatic nitrogens is 1. The van der Waals surface area contributed by atoms with E-state index in [1.165, 1.54) is 18.6 Å². The van der Waals surface area contributed by atoms with Gasteiger partial charge in [-0.25, -0.2) is 4.98 Å². The number of thioether (sulfide) groups is 1. The average Bonchev–Trinajstić information content (AvgIpc) is 2.34. The normalized spacial score (nSPS) is 10.0. The van der Waals surface area contributed by atoms with Crippen LogP contribution in [0.4, 0.5) is 0 Å². The summed E-state index contributed by atoms with van der Waals surface area (Å²) in [7, 11) is 0. The fourth-order valence-corrected chi connectivity index (χ4v) is 1.87. The molecule has 86 valence electrons. The predicted octanol–water partition coefficient (Wildman–Crippen LogP) is 2.19. The van der Waals surface area contributed by atoms with Crippen molar-refractivity contribution >= 4 is 11.8 Å². The number of nitrogens with zero attached hydrogens (tertiary/aromatic N) is 2. The summed E-state index contributed by atoms with van der Waals surface area (Å²) in [6.45, 7) is 1.85. The third kappa shape index (κ3) is 5.15. The van der Waals surface area contributed by atoms with Gasteiger partial charge in [-0.15, -0.1) is 0 Å². The third-order valence-electron chi connectivity index (χ3n) is 2.22. The van der Waals surface area contributed by atoms with E-state index in [2.05, 4.69) is 16.6 Å². The number of nitrogens with one attached hydrogen (secondary N) is 1. The summed E-state index contributed by atoms with van der Waals surface area (Å²) in [6.07, 6.45) is 6.28. The second kappa shape index (κ2) is 8.14. The Morgan fingerprint density at radius 1 is 1.50 bits per heavy atom. The third-order valence-corrected chi connectivity index (χ3v) is 2.92. The Kier molecular flexibility index (Phi) is 6.62. The molecular weight excluding hydrogens is 218 g/mol. The topological polar surface area (TPSA) is 48.7 Å². The van der Waals surface area contributed by atoms with Crippen molar-refractivity contribution in [2.45, 2.75) is 19.4 Å². The summed E-state index contributed by atoms with van der Waals surface area (Å²) in [4.78, 5) is 3.93. The van der Waals surface area contributed by atoms with Crippen molar-refractivity contribution in [2.24, 2.45) is 0 Å². The average molecular weight is 235 g/mol. The van der Waals surface area contributed by atoms with E-state index >= 15 is 0 Å². The zero-order chi connectivity index (χ0) is 11.6. The minimum atomic E-state index is 0.488. The van der Waals surface area contributed by atoms with Crippen molar-refractivity contribution in [1.82, 2.24) is 10.3 Å². The van der Waals surface area contributed by atoms with Gasteiger partial charge in [0.15, 0.2) is 0 Å². The van der Waals surface area contributed by atoms with Gasteiger partial charge in [0.1, 0.15) is 11.8 Å². The number of hydrogen-bond donors (Lipinski definition) is 1. The first-order chi connectivity index (χ1) is 7.86. The molecule has 1 rings (SSSR count). The van der Waals surface area contributed by atoms with Gasteiger partial charge in [-0.05, 0) is 49.1 Å². The van der Waals surface area contributed by atoms with E-state index in [1.54, 1.807) is 6.20 Å². The zero-order valence-corrected chi connectivity index (χ0v) is 10.4. The number of nitriles is 1. The first-order valence-electron chi connectivity index (χ1n) is 5.41. The van der Waals surface area contributed by atoms with Crippen LogP contribution in [0.1, 0.15) is 24.1 Å². The Morgan fingerprint density at radius 3 is 3.12 bits per heavy atom. The molecule has 1 N–H and O–H groups in total. The highest BCUT2D eigenvalue weighted by Gasteiger charge is 1.95. The van der Waals surface area contributed by atoms with Crippen molar-refractivity contribution in [3.8, 4) is 6.07 Å². The highest BCUT2D eigenvalue weighted by molar-refractivity contribution is 7.98. The smallest absolute Gasteiger partial charge is 0.140 e. The lowest BCUT2D eigenvalue weighted by atomic mass is 10.2. The van der Waals surface area contributed by atoms with Crippen molar-refractivity contribution in [3.63, 3.8) is 0 Å². The summed E-state index contributed by atoms with van der Waals surface area (Å²) < 4.78 is 0. The molecule has 1 aromatic heterocycles. The highest BCUT2D eigenvalue weighted by atomic mass is 32.2. The van der Waals surface area contributed by atoms with E-state index in [9.17, 15) is 0 Å². The van der Waals surface area contributed by atoms with Gasteiger partial charge < -0.3 is 5.32 Å². The molecule has 4 heteroatoms. The Hall–Kier alpha value is -1.05. The van der Waals surface area contributed by atoms with Crippen molar-refractivity contribution in [3.05, 3.63) is 29.6 Å². The van der Waals surface area contributed by atoms with Crippen LogP contribution in [0, 0.1) is 11.3 Å². The molecule has 0 saturated heterocycles. The molecule has 16 heavy (non-hydrogen) atoms. The lowest BCUT2D eigenvalue weighted by molar-refractivity contribution is 0.643. The molecule has 0 aromatic carbocycles. The monoisotopic (exact) mass is 235 g/mol. The van der Waals surface area contributed by atoms with Crippen LogP contribution in [0.3, 0.4) is 0 Å². The number of unbranched alkanes of at least 4 members (excludes halogenated alkanes) is 1. The second-order valence-electron chi connectivity index (χ2n) is 3.54. The molecule has 0 aliphatic heterocycles. The van der Waals surface area contributed by atoms with Crippen LogP contribution >= 0.6 is 11.8 Å². The molecule has 1 aromatic rings. The predicted molar refractivity (Wildman–Crippen MR) is 68.3 cm³/mol. The molecule has 0 saturated carbocycles. The number of hydrogen-bond acceptors (Lipinski definition) is 4. The zero-order valence-electron chi connectivity index (χ0n) is 9.57. The van der Waals surface area contributed by atoms with Crippen LogP contribution in [0.2, 0.25) is 0 Å². The van der Waals surface area contributed by atoms with Crippen LogP contribution < -0.4 is 5.32 Å². The molecule has 0 amide bonds. The number of rotatable bonds is 7. The van der Waals surface area contributed by atoms with E-state index < -0.39 is 0 Å². The fraction of sp³-hybridized carbons (Fsp3) is 0.500. The standard InChI is InChI=1S/C12H17N3S/c1-16-7-3-2-5-14-10-11-4-6-15-12(8-11)9-13/h4,6,8,14H,2-3,5,7,10H2,1H3. The summed E-state index contributed by atoms with van der Waals surface area (Å²) >= 11 is 1.89. The first kappa shape index (κ1) is 13.0. The molecule has 3 nitrogen and oxygen atoms in total. The molecule has 0 spiro atoms. The van der Waals surface area contributed by atoms with Gasteiger partial charge in [0.25, 0.3) is 0 Å². The van der Waals surface area contributed by atoms with E-state index in [0.29, 0.717) is 5.69 Å². The molecule has 0 radical (unpaired) electrons. The Bertz CT molecular complexity index is 346. The maximum Gasteiger partial charge on any atom is 0.140 e. The molecule has 0 unspecified atom stereocenters. The largest absolute Gasteiger partial charge is 0.313 e. The van der Waals surface area contributed by atoms with E-state index in [4.69, 9.17) is 5.26 Å². The van der Waals surface area contributed by atoms with Gasteiger partial charge in [0, 0.05) is 12.7 Å². The molecule has 0 atom stereocenters. The molecular formula is C12H17N3S. The van der Waals surface area contributed by atoms with Gasteiger partial charge in [-0.1, -0.05) is 0 Å². The molecule has 0 fully saturated rings. The van der Waals surface area contributed by atoms with Gasteiger partial charge in [-0.2, -0.15) is 17.0 Å². The van der Waals surface area contributed by atoms with Crippen LogP contribution in [-0.4, -0.2) is 23.5 Å². The van der Waals surface area contributed by atoms with Crippen LogP contribution in [0.15, 0.2) is 18.3 Å². The van der Waals surface area contributed by atoms with Crippen LogP contribution in [0.5, 0.6) is 0 Å². The number of pyridine rings is 1. The highest BCUT2D eigenvalue weighted by Crippen LogP contribution is 2.01. The molecule has 1 heterocycles. The van der Waals surface area contributed by atoms with Gasteiger partial charge in [-0.3, -0.25) is 0 Å². The lowest BCUT2D eigenvalue weighted by Gasteiger charge is -2.04.